The monoisotopic (exact) mass is 407 g/mol. The minimum atomic E-state index is -1.21. The number of carbonyl (C=O) groups is 3. The molecule has 30 heavy (non-hydrogen) atoms. The number of aldehydes is 1. The highest BCUT2D eigenvalue weighted by molar-refractivity contribution is 5.99. The van der Waals surface area contributed by atoms with Crippen LogP contribution in [0.3, 0.4) is 0 Å². The molecule has 1 atom stereocenters. The van der Waals surface area contributed by atoms with E-state index < -0.39 is 23.1 Å². The van der Waals surface area contributed by atoms with Gasteiger partial charge in [0.05, 0.1) is 22.1 Å². The van der Waals surface area contributed by atoms with Gasteiger partial charge in [0.1, 0.15) is 5.75 Å². The van der Waals surface area contributed by atoms with Gasteiger partial charge in [-0.2, -0.15) is 0 Å². The lowest BCUT2D eigenvalue weighted by Gasteiger charge is -2.46. The zero-order valence-electron chi connectivity index (χ0n) is 17.0. The third-order valence-corrected chi connectivity index (χ3v) is 6.14. The van der Waals surface area contributed by atoms with Gasteiger partial charge in [-0.25, -0.2) is 9.59 Å². The van der Waals surface area contributed by atoms with E-state index in [0.717, 1.165) is 17.4 Å². The van der Waals surface area contributed by atoms with Crippen LogP contribution in [0, 0.1) is 6.92 Å². The number of carbonyl (C=O) groups excluding carboxylic acids is 1. The van der Waals surface area contributed by atoms with Crippen LogP contribution in [0.15, 0.2) is 30.3 Å². The Morgan fingerprint density at radius 2 is 1.80 bits per heavy atom. The molecule has 0 fully saturated rings. The molecule has 154 valence electrons. The number of aromatic carboxylic acids is 2. The van der Waals surface area contributed by atoms with Crippen LogP contribution in [0.4, 0.5) is 5.69 Å². The van der Waals surface area contributed by atoms with Crippen molar-refractivity contribution in [3.05, 3.63) is 63.7 Å². The van der Waals surface area contributed by atoms with Crippen molar-refractivity contribution in [3.8, 4) is 5.75 Å². The number of rotatable bonds is 3. The van der Waals surface area contributed by atoms with Crippen LogP contribution < -0.4 is 9.64 Å². The van der Waals surface area contributed by atoms with E-state index >= 15 is 0 Å². The Morgan fingerprint density at radius 1 is 1.10 bits per heavy atom. The van der Waals surface area contributed by atoms with Gasteiger partial charge in [-0.3, -0.25) is 4.79 Å². The van der Waals surface area contributed by atoms with Crippen LogP contribution in [0.5, 0.6) is 5.75 Å². The zero-order chi connectivity index (χ0) is 22.0. The summed E-state index contributed by atoms with van der Waals surface area (Å²) < 4.78 is 6.47. The molecule has 2 heterocycles. The Kier molecular flexibility index (Phi) is 4.06. The molecule has 1 spiro atoms. The van der Waals surface area contributed by atoms with Gasteiger partial charge in [-0.1, -0.05) is 0 Å². The summed E-state index contributed by atoms with van der Waals surface area (Å²) in [6.07, 6.45) is 4.44. The lowest BCUT2D eigenvalue weighted by Crippen LogP contribution is -2.58. The SMILES string of the molecule is Cc1cc(C=O)c2c(c1)C=CC1(O2)N(C)c2cc(C(=O)O)cc(C(=O)O)c2C1(C)C. The Balaban J connectivity index is 1.98. The molecule has 0 aliphatic carbocycles. The van der Waals surface area contributed by atoms with Gasteiger partial charge in [0, 0.05) is 23.9 Å². The first-order chi connectivity index (χ1) is 14.0. The third-order valence-electron chi connectivity index (χ3n) is 6.14. The Morgan fingerprint density at radius 3 is 2.40 bits per heavy atom. The lowest BCUT2D eigenvalue weighted by molar-refractivity contribution is 0.0554. The molecule has 0 aromatic heterocycles. The van der Waals surface area contributed by atoms with Gasteiger partial charge in [0.25, 0.3) is 0 Å². The summed E-state index contributed by atoms with van der Waals surface area (Å²) >= 11 is 0. The number of fused-ring (bicyclic) bond motifs is 2. The summed E-state index contributed by atoms with van der Waals surface area (Å²) in [5.41, 5.74) is 0.807. The van der Waals surface area contributed by atoms with E-state index in [2.05, 4.69) is 0 Å². The predicted octanol–water partition coefficient (Wildman–Crippen LogP) is 3.73. The Hall–Kier alpha value is -3.61. The van der Waals surface area contributed by atoms with Crippen molar-refractivity contribution in [2.45, 2.75) is 31.9 Å². The van der Waals surface area contributed by atoms with Gasteiger partial charge >= 0.3 is 11.9 Å². The molecule has 7 nitrogen and oxygen atoms in total. The van der Waals surface area contributed by atoms with Crippen LogP contribution in [0.25, 0.3) is 6.08 Å². The van der Waals surface area contributed by atoms with Gasteiger partial charge in [-0.05, 0) is 62.8 Å². The van der Waals surface area contributed by atoms with Crippen molar-refractivity contribution in [1.82, 2.24) is 0 Å². The molecule has 2 aromatic rings. The molecule has 4 rings (SSSR count). The highest BCUT2D eigenvalue weighted by Crippen LogP contribution is 2.56. The summed E-state index contributed by atoms with van der Waals surface area (Å²) in [5, 5.41) is 19.3. The van der Waals surface area contributed by atoms with Crippen LogP contribution >= 0.6 is 0 Å². The fourth-order valence-corrected chi connectivity index (χ4v) is 4.69. The van der Waals surface area contributed by atoms with E-state index in [1.165, 1.54) is 12.1 Å². The summed E-state index contributed by atoms with van der Waals surface area (Å²) in [6.45, 7) is 5.60. The average Bonchev–Trinajstić information content (AvgIpc) is 2.85. The number of anilines is 1. The van der Waals surface area contributed by atoms with Crippen LogP contribution in [0.2, 0.25) is 0 Å². The molecule has 0 bridgehead atoms. The van der Waals surface area contributed by atoms with E-state index in [1.807, 2.05) is 39.0 Å². The first-order valence-corrected chi connectivity index (χ1v) is 9.40. The van der Waals surface area contributed by atoms with Crippen LogP contribution in [0.1, 0.15) is 61.6 Å². The molecule has 1 unspecified atom stereocenters. The molecule has 2 aliphatic heterocycles. The molecular formula is C23H21NO6. The quantitative estimate of drug-likeness (QED) is 0.747. The number of aryl methyl sites for hydroxylation is 1. The lowest BCUT2D eigenvalue weighted by atomic mass is 9.74. The molecule has 0 amide bonds. The van der Waals surface area contributed by atoms with Crippen molar-refractivity contribution in [1.29, 1.82) is 0 Å². The van der Waals surface area contributed by atoms with Crippen LogP contribution in [-0.2, 0) is 5.41 Å². The van der Waals surface area contributed by atoms with Crippen molar-refractivity contribution < 1.29 is 29.3 Å². The minimum absolute atomic E-state index is 0.0825. The van der Waals surface area contributed by atoms with E-state index in [1.54, 1.807) is 18.0 Å². The largest absolute Gasteiger partial charge is 0.478 e. The van der Waals surface area contributed by atoms with Gasteiger partial charge in [0.15, 0.2) is 6.29 Å². The number of benzene rings is 2. The normalized spacial score (nSPS) is 20.5. The Bertz CT molecular complexity index is 1160. The van der Waals surface area contributed by atoms with Crippen molar-refractivity contribution in [3.63, 3.8) is 0 Å². The number of nitrogens with zero attached hydrogens (tertiary/aromatic N) is 1. The minimum Gasteiger partial charge on any atom is -0.478 e. The second-order valence-electron chi connectivity index (χ2n) is 8.23. The molecule has 2 aliphatic rings. The number of ether oxygens (including phenoxy) is 1. The standard InChI is InChI=1S/C23H21NO6/c1-12-7-13-5-6-23(30-19(13)15(8-12)11-25)22(2,3)18-16(21(28)29)9-14(20(26)27)10-17(18)24(23)4/h5-11H,1-4H3,(H,26,27)(H,28,29). The molecule has 2 N–H and O–H groups in total. The maximum Gasteiger partial charge on any atom is 0.336 e. The summed E-state index contributed by atoms with van der Waals surface area (Å²) in [5.74, 6) is -2.00. The van der Waals surface area contributed by atoms with E-state index in [0.29, 0.717) is 22.6 Å². The fourth-order valence-electron chi connectivity index (χ4n) is 4.69. The number of carboxylic acid groups (broad SMARTS) is 2. The first kappa shape index (κ1) is 19.7. The number of hydrogen-bond donors (Lipinski definition) is 2. The van der Waals surface area contributed by atoms with Crippen LogP contribution in [-0.4, -0.2) is 41.2 Å². The molecular weight excluding hydrogens is 386 g/mol. The number of carboxylic acids is 2. The number of likely N-dealkylation sites (N-methyl/N-ethyl adjacent to an activating group) is 1. The highest BCUT2D eigenvalue weighted by Gasteiger charge is 2.59. The Labute approximate surface area is 173 Å². The smallest absolute Gasteiger partial charge is 0.336 e. The summed E-state index contributed by atoms with van der Waals surface area (Å²) in [4.78, 5) is 37.1. The molecule has 0 radical (unpaired) electrons. The predicted molar refractivity (Wildman–Crippen MR) is 111 cm³/mol. The second kappa shape index (κ2) is 6.19. The van der Waals surface area contributed by atoms with Gasteiger partial charge < -0.3 is 19.8 Å². The third kappa shape index (κ3) is 2.41. The molecule has 7 heteroatoms. The molecule has 0 saturated carbocycles. The summed E-state index contributed by atoms with van der Waals surface area (Å²) in [6, 6.07) is 6.28. The van der Waals surface area contributed by atoms with E-state index in [4.69, 9.17) is 4.74 Å². The summed E-state index contributed by atoms with van der Waals surface area (Å²) in [7, 11) is 1.73. The first-order valence-electron chi connectivity index (χ1n) is 9.40. The van der Waals surface area contributed by atoms with E-state index in [9.17, 15) is 24.6 Å². The van der Waals surface area contributed by atoms with Crippen molar-refractivity contribution in [2.24, 2.45) is 0 Å². The zero-order valence-corrected chi connectivity index (χ0v) is 17.0. The highest BCUT2D eigenvalue weighted by atomic mass is 16.5. The average molecular weight is 407 g/mol. The van der Waals surface area contributed by atoms with E-state index in [-0.39, 0.29) is 11.1 Å². The topological polar surface area (TPSA) is 104 Å². The van der Waals surface area contributed by atoms with Crippen molar-refractivity contribution >= 4 is 30.0 Å². The van der Waals surface area contributed by atoms with Gasteiger partial charge in [-0.15, -0.1) is 0 Å². The molecule has 2 aromatic carbocycles. The van der Waals surface area contributed by atoms with Gasteiger partial charge in [0.2, 0.25) is 5.72 Å². The fraction of sp³-hybridized carbons (Fsp3) is 0.261. The second-order valence-corrected chi connectivity index (χ2v) is 8.23. The number of hydrogen-bond acceptors (Lipinski definition) is 5. The maximum absolute atomic E-state index is 12.0. The molecule has 0 saturated heterocycles. The van der Waals surface area contributed by atoms with Crippen molar-refractivity contribution in [2.75, 3.05) is 11.9 Å². The maximum atomic E-state index is 12.0.